The zero-order valence-electron chi connectivity index (χ0n) is 29.7. The van der Waals surface area contributed by atoms with Crippen LogP contribution < -0.4 is 4.90 Å². The van der Waals surface area contributed by atoms with Crippen molar-refractivity contribution in [1.29, 1.82) is 0 Å². The summed E-state index contributed by atoms with van der Waals surface area (Å²) in [6, 6.07) is 8.65. The fraction of sp³-hybridized carbons (Fsp3) is 0.486. The maximum absolute atomic E-state index is 12.1. The molecular weight excluding hydrogens is 723 g/mol. The molecule has 3 rings (SSSR count). The van der Waals surface area contributed by atoms with E-state index in [-0.39, 0.29) is 22.6 Å². The van der Waals surface area contributed by atoms with Gasteiger partial charge in [-0.15, -0.1) is 0 Å². The molecule has 1 aliphatic rings. The molecule has 0 radical (unpaired) electrons. The number of anilines is 1. The van der Waals surface area contributed by atoms with E-state index in [4.69, 9.17) is 14.2 Å². The Balaban J connectivity index is 2.05. The van der Waals surface area contributed by atoms with E-state index in [2.05, 4.69) is 6.58 Å². The van der Waals surface area contributed by atoms with Crippen molar-refractivity contribution in [3.05, 3.63) is 89.2 Å². The summed E-state index contributed by atoms with van der Waals surface area (Å²) >= 11 is 0. The van der Waals surface area contributed by atoms with Gasteiger partial charge in [0.15, 0.2) is 0 Å². The number of likely N-dealkylation sites (N-methyl/N-ethyl adjacent to an activating group) is 1. The molecule has 0 aromatic heterocycles. The maximum Gasteiger partial charge on any atom is 0.294 e. The Morgan fingerprint density at radius 2 is 1.51 bits per heavy atom. The number of rotatable bonds is 20. The van der Waals surface area contributed by atoms with Gasteiger partial charge in [0.1, 0.15) is 0 Å². The number of hydrogen-bond donors (Lipinski definition) is 3. The third kappa shape index (κ3) is 10.8. The summed E-state index contributed by atoms with van der Waals surface area (Å²) < 4.78 is 117. The minimum Gasteiger partial charge on any atom is -0.382 e. The summed E-state index contributed by atoms with van der Waals surface area (Å²) in [4.78, 5) is 1.48. The fourth-order valence-corrected chi connectivity index (χ4v) is 7.93. The highest BCUT2D eigenvalue weighted by Gasteiger charge is 2.43. The minimum atomic E-state index is -4.55. The number of aryl methyl sites for hydroxylation is 1. The van der Waals surface area contributed by atoms with Crippen LogP contribution in [0.4, 0.5) is 5.69 Å². The second-order valence-corrected chi connectivity index (χ2v) is 17.2. The first-order valence-corrected chi connectivity index (χ1v) is 20.8. The molecular formula is C35H49NO12S3. The second kappa shape index (κ2) is 17.3. The van der Waals surface area contributed by atoms with E-state index in [9.17, 15) is 38.9 Å². The smallest absolute Gasteiger partial charge is 0.294 e. The third-order valence-electron chi connectivity index (χ3n) is 9.31. The lowest BCUT2D eigenvalue weighted by atomic mass is 9.71. The molecule has 2 unspecified atom stereocenters. The molecule has 3 N–H and O–H groups in total. The first kappa shape index (κ1) is 42.5. The minimum absolute atomic E-state index is 0.0311. The van der Waals surface area contributed by atoms with Gasteiger partial charge < -0.3 is 19.1 Å². The third-order valence-corrected chi connectivity index (χ3v) is 11.8. The number of fused-ring (bicyclic) bond motifs is 1. The van der Waals surface area contributed by atoms with Crippen molar-refractivity contribution in [2.24, 2.45) is 0 Å². The van der Waals surface area contributed by atoms with Crippen LogP contribution in [0.15, 0.2) is 82.3 Å². The first-order chi connectivity index (χ1) is 23.7. The molecule has 0 spiro atoms. The van der Waals surface area contributed by atoms with Crippen LogP contribution in [0.1, 0.15) is 56.7 Å². The van der Waals surface area contributed by atoms with E-state index in [0.29, 0.717) is 68.3 Å². The Morgan fingerprint density at radius 1 is 0.922 bits per heavy atom. The average Bonchev–Trinajstić information content (AvgIpc) is 3.27. The summed E-state index contributed by atoms with van der Waals surface area (Å²) in [6.07, 6.45) is 6.01. The van der Waals surface area contributed by atoms with E-state index < -0.39 is 46.9 Å². The molecule has 1 aliphatic heterocycles. The Bertz CT molecular complexity index is 1960. The highest BCUT2D eigenvalue weighted by atomic mass is 32.2. The van der Waals surface area contributed by atoms with Crippen molar-refractivity contribution >= 4 is 36.0 Å². The number of ether oxygens (including phenoxy) is 3. The first-order valence-electron chi connectivity index (χ1n) is 16.3. The topological polar surface area (TPSA) is 194 Å². The monoisotopic (exact) mass is 771 g/mol. The Morgan fingerprint density at radius 3 is 2.10 bits per heavy atom. The quantitative estimate of drug-likeness (QED) is 0.0896. The second-order valence-electron chi connectivity index (χ2n) is 12.8. The molecule has 2 atom stereocenters. The van der Waals surface area contributed by atoms with E-state index in [1.54, 1.807) is 45.2 Å². The molecule has 51 heavy (non-hydrogen) atoms. The zero-order valence-corrected chi connectivity index (χ0v) is 32.1. The normalized spacial score (nSPS) is 18.7. The van der Waals surface area contributed by atoms with Gasteiger partial charge in [-0.2, -0.15) is 25.3 Å². The lowest BCUT2D eigenvalue weighted by Crippen LogP contribution is -2.30. The molecule has 0 fully saturated rings. The number of nitrogens with zero attached hydrogens (tertiary/aromatic N) is 1. The number of methoxy groups -OCH3 is 1. The highest BCUT2D eigenvalue weighted by molar-refractivity contribution is 7.86. The van der Waals surface area contributed by atoms with Gasteiger partial charge in [0.05, 0.1) is 42.0 Å². The van der Waals surface area contributed by atoms with Gasteiger partial charge in [-0.3, -0.25) is 13.7 Å². The summed E-state index contributed by atoms with van der Waals surface area (Å²) in [7, 11) is -11.7. The van der Waals surface area contributed by atoms with Crippen molar-refractivity contribution in [2.75, 3.05) is 57.3 Å². The van der Waals surface area contributed by atoms with E-state index in [1.165, 1.54) is 24.3 Å². The summed E-state index contributed by atoms with van der Waals surface area (Å²) in [5, 5.41) is 0. The number of allylic oxidation sites excluding steroid dienone is 5. The molecule has 2 aromatic rings. The van der Waals surface area contributed by atoms with E-state index in [1.807, 2.05) is 24.8 Å². The molecule has 0 bridgehead atoms. The van der Waals surface area contributed by atoms with Gasteiger partial charge in [-0.25, -0.2) is 0 Å². The summed E-state index contributed by atoms with van der Waals surface area (Å²) in [5.74, 6) is -0.518. The maximum atomic E-state index is 12.1. The van der Waals surface area contributed by atoms with E-state index >= 15 is 0 Å². The van der Waals surface area contributed by atoms with Crippen molar-refractivity contribution in [2.45, 2.75) is 67.6 Å². The fourth-order valence-electron chi connectivity index (χ4n) is 6.41. The van der Waals surface area contributed by atoms with Crippen LogP contribution in [0.25, 0.3) is 0 Å². The van der Waals surface area contributed by atoms with Crippen LogP contribution >= 0.6 is 0 Å². The standard InChI is InChI=1S/C35H49NO12S3/c1-7-36-32-15-14-29(51(43,44)45)25-31(32)35(5,17-18-47-21-22-48-20-19-46-6)33(36)11-8-10-27(3)34(4,16-9-23-49(37,38)39)30-24-28(50(40,41)42)13-12-26(30)2/h8,10-15,24-25H,3,7,9,16-23H2,1-2,4-6H3,(H,37,38,39)(H,40,41,42)(H,43,44,45)/b10-8+,33-11+. The summed E-state index contributed by atoms with van der Waals surface area (Å²) in [5.41, 5.74) is 2.15. The van der Waals surface area contributed by atoms with Gasteiger partial charge in [-0.1, -0.05) is 31.7 Å². The largest absolute Gasteiger partial charge is 0.382 e. The molecule has 13 nitrogen and oxygen atoms in total. The van der Waals surface area contributed by atoms with Crippen molar-refractivity contribution in [3.63, 3.8) is 0 Å². The van der Waals surface area contributed by atoms with Crippen LogP contribution in [0.3, 0.4) is 0 Å². The zero-order chi connectivity index (χ0) is 38.3. The Hall–Kier alpha value is -2.93. The summed E-state index contributed by atoms with van der Waals surface area (Å²) in [6.45, 7) is 14.2. The molecule has 1 heterocycles. The van der Waals surface area contributed by atoms with Crippen LogP contribution in [0, 0.1) is 6.92 Å². The molecule has 16 heteroatoms. The van der Waals surface area contributed by atoms with Gasteiger partial charge in [-0.05, 0) is 98.7 Å². The molecule has 0 amide bonds. The lowest BCUT2D eigenvalue weighted by molar-refractivity contribution is 0.0220. The van der Waals surface area contributed by atoms with Crippen LogP contribution in [0.2, 0.25) is 0 Å². The molecule has 0 aliphatic carbocycles. The Labute approximate surface area is 302 Å². The van der Waals surface area contributed by atoms with Crippen molar-refractivity contribution in [1.82, 2.24) is 0 Å². The molecule has 0 saturated carbocycles. The van der Waals surface area contributed by atoms with Crippen LogP contribution in [0.5, 0.6) is 0 Å². The lowest BCUT2D eigenvalue weighted by Gasteiger charge is -2.33. The van der Waals surface area contributed by atoms with Gasteiger partial charge in [0.2, 0.25) is 0 Å². The number of benzene rings is 2. The van der Waals surface area contributed by atoms with Gasteiger partial charge in [0, 0.05) is 42.5 Å². The van der Waals surface area contributed by atoms with E-state index in [0.717, 1.165) is 11.4 Å². The van der Waals surface area contributed by atoms with Gasteiger partial charge >= 0.3 is 0 Å². The predicted octanol–water partition coefficient (Wildman–Crippen LogP) is 5.28. The molecule has 284 valence electrons. The predicted molar refractivity (Wildman–Crippen MR) is 195 cm³/mol. The van der Waals surface area contributed by atoms with Gasteiger partial charge in [0.25, 0.3) is 30.4 Å². The molecule has 0 saturated heterocycles. The number of hydrogen-bond acceptors (Lipinski definition) is 10. The van der Waals surface area contributed by atoms with Crippen LogP contribution in [-0.4, -0.2) is 91.4 Å². The highest BCUT2D eigenvalue weighted by Crippen LogP contribution is 2.50. The van der Waals surface area contributed by atoms with Crippen LogP contribution in [-0.2, 0) is 55.4 Å². The molecule has 2 aromatic carbocycles. The van der Waals surface area contributed by atoms with Crippen molar-refractivity contribution < 1.29 is 53.1 Å². The van der Waals surface area contributed by atoms with Crippen molar-refractivity contribution in [3.8, 4) is 0 Å². The SMILES string of the molecule is C=C(/C=C/C=C1/N(CC)c2ccc(S(=O)(=O)O)cc2C1(C)CCOCCOCCOC)C(C)(CCCS(=O)(=O)O)c1cc(S(=O)(=O)O)ccc1C. The Kier molecular flexibility index (Phi) is 14.4. The average molecular weight is 772 g/mol.